The quantitative estimate of drug-likeness (QED) is 0.604. The van der Waals surface area contributed by atoms with Crippen LogP contribution in [0.15, 0.2) is 6.07 Å². The summed E-state index contributed by atoms with van der Waals surface area (Å²) in [5.74, 6) is 0.500. The van der Waals surface area contributed by atoms with Crippen molar-refractivity contribution in [2.75, 3.05) is 43.6 Å². The number of nitrogens with one attached hydrogen (secondary N) is 2. The van der Waals surface area contributed by atoms with Crippen LogP contribution in [0.2, 0.25) is 0 Å². The second-order valence-corrected chi connectivity index (χ2v) is 6.41. The molecule has 1 fully saturated rings. The number of nitrogens with zero attached hydrogens (tertiary/aromatic N) is 3. The van der Waals surface area contributed by atoms with Gasteiger partial charge in [-0.2, -0.15) is 18.2 Å². The molecule has 0 radical (unpaired) electrons. The molecule has 1 aliphatic rings. The first-order chi connectivity index (χ1) is 11.8. The fraction of sp³-hybridized carbons (Fsp3) is 0.667. The van der Waals surface area contributed by atoms with Gasteiger partial charge in [0.15, 0.2) is 10.8 Å². The molecule has 10 heteroatoms. The van der Waals surface area contributed by atoms with Crippen molar-refractivity contribution in [2.24, 2.45) is 5.92 Å². The highest BCUT2D eigenvalue weighted by Crippen LogP contribution is 2.31. The summed E-state index contributed by atoms with van der Waals surface area (Å²) in [7, 11) is 1.54. The second-order valence-electron chi connectivity index (χ2n) is 6.00. The van der Waals surface area contributed by atoms with Crippen LogP contribution in [-0.2, 0) is 10.9 Å². The molecule has 0 amide bonds. The Hall–Kier alpha value is -1.68. The zero-order chi connectivity index (χ0) is 18.4. The van der Waals surface area contributed by atoms with Crippen molar-refractivity contribution >= 4 is 29.1 Å². The number of anilines is 2. The Morgan fingerprint density at radius 1 is 1.44 bits per heavy atom. The van der Waals surface area contributed by atoms with Gasteiger partial charge in [0, 0.05) is 32.8 Å². The maximum absolute atomic E-state index is 13.2. The first kappa shape index (κ1) is 19.6. The lowest BCUT2D eigenvalue weighted by Gasteiger charge is -2.32. The monoisotopic (exact) mass is 377 g/mol. The number of piperidine rings is 1. The minimum atomic E-state index is -4.55. The largest absolute Gasteiger partial charge is 0.433 e. The van der Waals surface area contributed by atoms with E-state index in [9.17, 15) is 13.2 Å². The minimum Gasteiger partial charge on any atom is -0.383 e. The van der Waals surface area contributed by atoms with Gasteiger partial charge < -0.3 is 20.3 Å². The van der Waals surface area contributed by atoms with Crippen molar-refractivity contribution in [3.8, 4) is 0 Å². The Balaban J connectivity index is 2.20. The van der Waals surface area contributed by atoms with Gasteiger partial charge in [-0.15, -0.1) is 0 Å². The first-order valence-electron chi connectivity index (χ1n) is 8.04. The SMILES string of the molecule is COCCNC(=S)Nc1nc(N2CCC[C@@H](C)C2)cc(C(F)(F)F)n1. The third kappa shape index (κ3) is 5.96. The second kappa shape index (κ2) is 8.61. The van der Waals surface area contributed by atoms with Gasteiger partial charge in [-0.3, -0.25) is 0 Å². The van der Waals surface area contributed by atoms with Gasteiger partial charge in [0.05, 0.1) is 6.61 Å². The number of aromatic nitrogens is 2. The molecule has 1 aliphatic heterocycles. The average molecular weight is 377 g/mol. The van der Waals surface area contributed by atoms with Gasteiger partial charge >= 0.3 is 6.18 Å². The van der Waals surface area contributed by atoms with Gasteiger partial charge in [0.25, 0.3) is 0 Å². The molecular weight excluding hydrogens is 355 g/mol. The molecule has 0 aromatic carbocycles. The van der Waals surface area contributed by atoms with Crippen molar-refractivity contribution in [1.29, 1.82) is 0 Å². The molecule has 6 nitrogen and oxygen atoms in total. The zero-order valence-electron chi connectivity index (χ0n) is 14.2. The van der Waals surface area contributed by atoms with Crippen LogP contribution >= 0.6 is 12.2 Å². The van der Waals surface area contributed by atoms with Crippen LogP contribution < -0.4 is 15.5 Å². The van der Waals surface area contributed by atoms with E-state index in [-0.39, 0.29) is 16.9 Å². The average Bonchev–Trinajstić information content (AvgIpc) is 2.54. The molecule has 0 spiro atoms. The predicted octanol–water partition coefficient (Wildman–Crippen LogP) is 2.66. The predicted molar refractivity (Wildman–Crippen MR) is 93.7 cm³/mol. The van der Waals surface area contributed by atoms with E-state index in [4.69, 9.17) is 17.0 Å². The Morgan fingerprint density at radius 2 is 2.20 bits per heavy atom. The third-order valence-corrected chi connectivity index (χ3v) is 4.05. The van der Waals surface area contributed by atoms with Crippen molar-refractivity contribution in [3.05, 3.63) is 11.8 Å². The number of thiocarbonyl (C=S) groups is 1. The lowest BCUT2D eigenvalue weighted by molar-refractivity contribution is -0.141. The van der Waals surface area contributed by atoms with Crippen LogP contribution in [0.25, 0.3) is 0 Å². The lowest BCUT2D eigenvalue weighted by Crippen LogP contribution is -2.36. The highest BCUT2D eigenvalue weighted by atomic mass is 32.1. The molecule has 0 saturated carbocycles. The standard InChI is InChI=1S/C15H22F3N5OS/c1-10-4-3-6-23(9-10)12-8-11(15(16,17)18)20-13(21-12)22-14(25)19-5-7-24-2/h8,10H,3-7,9H2,1-2H3,(H2,19,20,21,22,25)/t10-/m1/s1. The molecule has 1 aromatic rings. The van der Waals surface area contributed by atoms with E-state index < -0.39 is 11.9 Å². The minimum absolute atomic E-state index is 0.148. The molecular formula is C15H22F3N5OS. The van der Waals surface area contributed by atoms with E-state index >= 15 is 0 Å². The van der Waals surface area contributed by atoms with Crippen molar-refractivity contribution < 1.29 is 17.9 Å². The number of hydrogen-bond acceptors (Lipinski definition) is 5. The highest BCUT2D eigenvalue weighted by molar-refractivity contribution is 7.80. The molecule has 2 N–H and O–H groups in total. The lowest BCUT2D eigenvalue weighted by atomic mass is 10.0. The van der Waals surface area contributed by atoms with Crippen LogP contribution in [-0.4, -0.2) is 48.4 Å². The fourth-order valence-corrected chi connectivity index (χ4v) is 2.80. The summed E-state index contributed by atoms with van der Waals surface area (Å²) in [4.78, 5) is 9.63. The van der Waals surface area contributed by atoms with Crippen molar-refractivity contribution in [3.63, 3.8) is 0 Å². The molecule has 1 saturated heterocycles. The maximum Gasteiger partial charge on any atom is 0.433 e. The molecule has 0 unspecified atom stereocenters. The van der Waals surface area contributed by atoms with Gasteiger partial charge in [0.1, 0.15) is 5.82 Å². The molecule has 140 valence electrons. The van der Waals surface area contributed by atoms with E-state index in [1.807, 2.05) is 4.90 Å². The van der Waals surface area contributed by atoms with Gasteiger partial charge in [-0.25, -0.2) is 4.98 Å². The number of alkyl halides is 3. The van der Waals surface area contributed by atoms with E-state index in [1.54, 1.807) is 7.11 Å². The summed E-state index contributed by atoms with van der Waals surface area (Å²) in [5.41, 5.74) is -0.988. The molecule has 0 aliphatic carbocycles. The number of methoxy groups -OCH3 is 1. The topological polar surface area (TPSA) is 62.3 Å². The summed E-state index contributed by atoms with van der Waals surface area (Å²) in [5, 5.41) is 5.58. The smallest absolute Gasteiger partial charge is 0.383 e. The van der Waals surface area contributed by atoms with Gasteiger partial charge in [-0.05, 0) is 31.0 Å². The molecule has 1 aromatic heterocycles. The van der Waals surface area contributed by atoms with E-state index in [0.29, 0.717) is 32.2 Å². The Kier molecular flexibility index (Phi) is 6.77. The zero-order valence-corrected chi connectivity index (χ0v) is 15.0. The van der Waals surface area contributed by atoms with Crippen LogP contribution in [0.5, 0.6) is 0 Å². The Bertz CT molecular complexity index is 599. The van der Waals surface area contributed by atoms with E-state index in [0.717, 1.165) is 18.9 Å². The number of halogens is 3. The van der Waals surface area contributed by atoms with Crippen molar-refractivity contribution in [2.45, 2.75) is 25.9 Å². The van der Waals surface area contributed by atoms with E-state index in [1.165, 1.54) is 0 Å². The van der Waals surface area contributed by atoms with Crippen LogP contribution in [0.1, 0.15) is 25.5 Å². The van der Waals surface area contributed by atoms with E-state index in [2.05, 4.69) is 27.5 Å². The van der Waals surface area contributed by atoms with Gasteiger partial charge in [-0.1, -0.05) is 6.92 Å². The van der Waals surface area contributed by atoms with Crippen LogP contribution in [0, 0.1) is 5.92 Å². The summed E-state index contributed by atoms with van der Waals surface area (Å²) < 4.78 is 44.4. The number of hydrogen-bond donors (Lipinski definition) is 2. The van der Waals surface area contributed by atoms with Crippen molar-refractivity contribution in [1.82, 2.24) is 15.3 Å². The molecule has 2 rings (SSSR count). The first-order valence-corrected chi connectivity index (χ1v) is 8.45. The molecule has 2 heterocycles. The molecule has 1 atom stereocenters. The summed E-state index contributed by atoms with van der Waals surface area (Å²) in [6, 6.07) is 0.991. The normalized spacial score (nSPS) is 18.1. The Labute approximate surface area is 150 Å². The summed E-state index contributed by atoms with van der Waals surface area (Å²) >= 11 is 5.05. The third-order valence-electron chi connectivity index (χ3n) is 3.80. The highest BCUT2D eigenvalue weighted by Gasteiger charge is 2.34. The van der Waals surface area contributed by atoms with Gasteiger partial charge in [0.2, 0.25) is 5.95 Å². The van der Waals surface area contributed by atoms with Crippen LogP contribution in [0.3, 0.4) is 0 Å². The van der Waals surface area contributed by atoms with Crippen LogP contribution in [0.4, 0.5) is 24.9 Å². The fourth-order valence-electron chi connectivity index (χ4n) is 2.61. The molecule has 0 bridgehead atoms. The molecule has 25 heavy (non-hydrogen) atoms. The number of rotatable bonds is 5. The summed E-state index contributed by atoms with van der Waals surface area (Å²) in [6.07, 6.45) is -2.57. The summed E-state index contributed by atoms with van der Waals surface area (Å²) in [6.45, 7) is 4.27. The Morgan fingerprint density at radius 3 is 2.84 bits per heavy atom. The maximum atomic E-state index is 13.2. The number of ether oxygens (including phenoxy) is 1.